The monoisotopic (exact) mass is 259 g/mol. The van der Waals surface area contributed by atoms with Gasteiger partial charge in [-0.3, -0.25) is 10.2 Å². The topological polar surface area (TPSA) is 68.9 Å². The van der Waals surface area contributed by atoms with Crippen LogP contribution >= 0.6 is 12.2 Å². The number of rotatable bonds is 4. The van der Waals surface area contributed by atoms with Gasteiger partial charge < -0.3 is 0 Å². The molecule has 92 valence electrons. The van der Waals surface area contributed by atoms with Crippen molar-refractivity contribution in [3.8, 4) is 0 Å². The highest BCUT2D eigenvalue weighted by Crippen LogP contribution is 2.01. The lowest BCUT2D eigenvalue weighted by atomic mass is 10.2. The normalized spacial score (nSPS) is 11.9. The van der Waals surface area contributed by atoms with Crippen molar-refractivity contribution >= 4 is 30.0 Å². The van der Waals surface area contributed by atoms with E-state index in [4.69, 9.17) is 12.2 Å². The van der Waals surface area contributed by atoms with Crippen LogP contribution in [0.15, 0.2) is 41.5 Å². The van der Waals surface area contributed by atoms with Crippen molar-refractivity contribution in [3.05, 3.63) is 46.7 Å². The van der Waals surface area contributed by atoms with Gasteiger partial charge in [0, 0.05) is 0 Å². The summed E-state index contributed by atoms with van der Waals surface area (Å²) in [5.41, 5.74) is 4.74. The summed E-state index contributed by atoms with van der Waals surface area (Å²) in [7, 11) is 0. The first-order chi connectivity index (χ1) is 8.74. The van der Waals surface area contributed by atoms with Crippen LogP contribution in [0.4, 0.5) is 5.95 Å². The molecule has 1 aromatic carbocycles. The lowest BCUT2D eigenvalue weighted by Crippen LogP contribution is -1.95. The van der Waals surface area contributed by atoms with Crippen LogP contribution in [0.2, 0.25) is 0 Å². The van der Waals surface area contributed by atoms with Crippen LogP contribution in [0.3, 0.4) is 0 Å². The third kappa shape index (κ3) is 3.67. The highest BCUT2D eigenvalue weighted by Gasteiger charge is 1.92. The zero-order valence-corrected chi connectivity index (χ0v) is 10.7. The number of hydrogen-bond acceptors (Lipinski definition) is 4. The van der Waals surface area contributed by atoms with Crippen molar-refractivity contribution < 1.29 is 0 Å². The van der Waals surface area contributed by atoms with Crippen molar-refractivity contribution in [2.45, 2.75) is 6.92 Å². The highest BCUT2D eigenvalue weighted by molar-refractivity contribution is 7.71. The number of hydrogen-bond donors (Lipinski definition) is 3. The van der Waals surface area contributed by atoms with Gasteiger partial charge in [0.2, 0.25) is 10.7 Å². The van der Waals surface area contributed by atoms with Gasteiger partial charge in [0.05, 0.1) is 5.71 Å². The Morgan fingerprint density at radius 1 is 1.33 bits per heavy atom. The van der Waals surface area contributed by atoms with Gasteiger partial charge in [0.25, 0.3) is 0 Å². The summed E-state index contributed by atoms with van der Waals surface area (Å²) in [5.74, 6) is 0.493. The molecule has 2 aromatic rings. The Labute approximate surface area is 110 Å². The van der Waals surface area contributed by atoms with Gasteiger partial charge in [0.15, 0.2) is 0 Å². The van der Waals surface area contributed by atoms with Crippen molar-refractivity contribution in [1.82, 2.24) is 15.2 Å². The van der Waals surface area contributed by atoms with E-state index in [9.17, 15) is 0 Å². The van der Waals surface area contributed by atoms with Crippen molar-refractivity contribution in [2.24, 2.45) is 5.10 Å². The molecule has 18 heavy (non-hydrogen) atoms. The van der Waals surface area contributed by atoms with Crippen LogP contribution in [0.5, 0.6) is 0 Å². The number of allylic oxidation sites excluding steroid dienone is 1. The molecule has 1 heterocycles. The Hall–Kier alpha value is -2.21. The average molecular weight is 259 g/mol. The minimum absolute atomic E-state index is 0.394. The summed E-state index contributed by atoms with van der Waals surface area (Å²) in [5, 5.41) is 9.57. The van der Waals surface area contributed by atoms with Gasteiger partial charge in [-0.1, -0.05) is 36.4 Å². The number of hydrazone groups is 1. The molecule has 0 spiro atoms. The maximum atomic E-state index is 4.83. The lowest BCUT2D eigenvalue weighted by molar-refractivity contribution is 1.07. The number of nitrogens with one attached hydrogen (secondary N) is 3. The van der Waals surface area contributed by atoms with E-state index < -0.39 is 0 Å². The molecule has 5 nitrogen and oxygen atoms in total. The van der Waals surface area contributed by atoms with Gasteiger partial charge >= 0.3 is 0 Å². The summed E-state index contributed by atoms with van der Waals surface area (Å²) < 4.78 is 0.394. The van der Waals surface area contributed by atoms with E-state index in [-0.39, 0.29) is 0 Å². The minimum Gasteiger partial charge on any atom is -0.272 e. The Bertz CT molecular complexity index is 609. The molecule has 0 aliphatic carbocycles. The van der Waals surface area contributed by atoms with E-state index in [1.807, 2.05) is 49.4 Å². The molecule has 0 saturated carbocycles. The predicted octanol–water partition coefficient (Wildman–Crippen LogP) is 2.97. The van der Waals surface area contributed by atoms with E-state index in [1.165, 1.54) is 0 Å². The van der Waals surface area contributed by atoms with Crippen LogP contribution in [-0.4, -0.2) is 20.9 Å². The first-order valence-corrected chi connectivity index (χ1v) is 5.83. The molecule has 0 bridgehead atoms. The molecule has 0 fully saturated rings. The molecule has 0 atom stereocenters. The maximum absolute atomic E-state index is 4.83. The highest BCUT2D eigenvalue weighted by atomic mass is 32.1. The summed E-state index contributed by atoms with van der Waals surface area (Å²) in [6, 6.07) is 10.0. The molecule has 2 rings (SSSR count). The summed E-state index contributed by atoms with van der Waals surface area (Å²) in [6.07, 6.45) is 3.91. The molecule has 6 heteroatoms. The van der Waals surface area contributed by atoms with E-state index in [1.54, 1.807) is 0 Å². The fourth-order valence-corrected chi connectivity index (χ4v) is 1.42. The molecule has 1 aromatic heterocycles. The number of H-pyrrole nitrogens is 2. The largest absolute Gasteiger partial charge is 0.272 e. The van der Waals surface area contributed by atoms with E-state index >= 15 is 0 Å². The predicted molar refractivity (Wildman–Crippen MR) is 76.0 cm³/mol. The molecule has 0 aliphatic heterocycles. The van der Waals surface area contributed by atoms with Crippen molar-refractivity contribution in [2.75, 3.05) is 5.43 Å². The number of aromatic nitrogens is 3. The minimum atomic E-state index is 0.394. The maximum Gasteiger partial charge on any atom is 0.238 e. The Kier molecular flexibility index (Phi) is 4.03. The van der Waals surface area contributed by atoms with Crippen LogP contribution in [0.25, 0.3) is 6.08 Å². The van der Waals surface area contributed by atoms with Crippen LogP contribution in [-0.2, 0) is 0 Å². The van der Waals surface area contributed by atoms with Crippen LogP contribution in [0.1, 0.15) is 12.5 Å². The van der Waals surface area contributed by atoms with Gasteiger partial charge in [-0.2, -0.15) is 10.1 Å². The summed E-state index contributed by atoms with van der Waals surface area (Å²) in [4.78, 5) is 3.96. The zero-order chi connectivity index (χ0) is 12.8. The molecule has 0 radical (unpaired) electrons. The first-order valence-electron chi connectivity index (χ1n) is 5.42. The van der Waals surface area contributed by atoms with Crippen LogP contribution in [0, 0.1) is 4.77 Å². The number of benzene rings is 1. The van der Waals surface area contributed by atoms with E-state index in [0.717, 1.165) is 11.3 Å². The Morgan fingerprint density at radius 3 is 2.78 bits per heavy atom. The third-order valence-corrected chi connectivity index (χ3v) is 2.35. The second-order valence-electron chi connectivity index (χ2n) is 3.62. The second kappa shape index (κ2) is 5.92. The number of nitrogens with zero attached hydrogens (tertiary/aromatic N) is 2. The third-order valence-electron chi connectivity index (χ3n) is 2.16. The molecule has 3 N–H and O–H groups in total. The number of aromatic amines is 2. The average Bonchev–Trinajstić information content (AvgIpc) is 2.81. The van der Waals surface area contributed by atoms with Crippen molar-refractivity contribution in [3.63, 3.8) is 0 Å². The van der Waals surface area contributed by atoms with Gasteiger partial charge in [-0.25, -0.2) is 5.43 Å². The molecular weight excluding hydrogens is 246 g/mol. The van der Waals surface area contributed by atoms with E-state index in [0.29, 0.717) is 10.7 Å². The molecular formula is C12H13N5S. The van der Waals surface area contributed by atoms with Gasteiger partial charge in [-0.05, 0) is 30.8 Å². The molecule has 0 amide bonds. The fraction of sp³-hybridized carbons (Fsp3) is 0.0833. The molecule has 0 saturated heterocycles. The van der Waals surface area contributed by atoms with Gasteiger partial charge in [-0.15, -0.1) is 0 Å². The standard InChI is InChI=1S/C12H13N5S/c1-9(7-8-10-5-3-2-4-6-10)14-15-11-13-12(18)17-16-11/h2-8H,1H3,(H3,13,15,16,17,18)/b8-7+,14-9+. The molecule has 0 aliphatic rings. The number of anilines is 1. The summed E-state index contributed by atoms with van der Waals surface area (Å²) in [6.45, 7) is 1.90. The Balaban J connectivity index is 1.97. The molecule has 0 unspecified atom stereocenters. The van der Waals surface area contributed by atoms with E-state index in [2.05, 4.69) is 25.7 Å². The fourth-order valence-electron chi connectivity index (χ4n) is 1.28. The smallest absolute Gasteiger partial charge is 0.238 e. The Morgan fingerprint density at radius 2 is 2.11 bits per heavy atom. The zero-order valence-electron chi connectivity index (χ0n) is 9.84. The summed E-state index contributed by atoms with van der Waals surface area (Å²) >= 11 is 4.83. The van der Waals surface area contributed by atoms with Crippen molar-refractivity contribution in [1.29, 1.82) is 0 Å². The van der Waals surface area contributed by atoms with Gasteiger partial charge in [0.1, 0.15) is 0 Å². The SMILES string of the molecule is CC(/C=C/c1ccccc1)=N\Nc1nc(=S)[nH][nH]1. The lowest BCUT2D eigenvalue weighted by Gasteiger charge is -1.95. The second-order valence-corrected chi connectivity index (χ2v) is 4.01. The van der Waals surface area contributed by atoms with Crippen LogP contribution < -0.4 is 5.43 Å². The quantitative estimate of drug-likeness (QED) is 0.449. The first kappa shape index (κ1) is 12.3.